The molecule has 1 aromatic carbocycles. The minimum absolute atomic E-state index is 0.0923. The molecule has 1 fully saturated rings. The molecule has 1 atom stereocenters. The summed E-state index contributed by atoms with van der Waals surface area (Å²) in [7, 11) is 3.16. The zero-order valence-corrected chi connectivity index (χ0v) is 18.3. The van der Waals surface area contributed by atoms with Gasteiger partial charge in [0.25, 0.3) is 5.56 Å². The van der Waals surface area contributed by atoms with E-state index in [0.29, 0.717) is 34.7 Å². The Labute approximate surface area is 176 Å². The summed E-state index contributed by atoms with van der Waals surface area (Å²) in [4.78, 5) is 13.2. The fourth-order valence-corrected chi connectivity index (χ4v) is 4.00. The van der Waals surface area contributed by atoms with Gasteiger partial charge in [0.1, 0.15) is 0 Å². The van der Waals surface area contributed by atoms with E-state index in [2.05, 4.69) is 25.7 Å². The van der Waals surface area contributed by atoms with Gasteiger partial charge in [0, 0.05) is 41.2 Å². The normalized spacial score (nSPS) is 18.6. The Morgan fingerprint density at radius 1 is 1.31 bits per heavy atom. The molecule has 7 heteroatoms. The number of benzene rings is 1. The molecule has 1 aliphatic heterocycles. The first-order valence-electron chi connectivity index (χ1n) is 9.73. The fourth-order valence-electron chi connectivity index (χ4n) is 3.88. The summed E-state index contributed by atoms with van der Waals surface area (Å²) < 4.78 is 18.2. The maximum absolute atomic E-state index is 13.2. The lowest BCUT2D eigenvalue weighted by molar-refractivity contribution is -0.0630. The van der Waals surface area contributed by atoms with E-state index in [1.165, 1.54) is 0 Å². The number of rotatable bonds is 7. The molecular weight excluding hydrogens is 392 g/mol. The van der Waals surface area contributed by atoms with Gasteiger partial charge < -0.3 is 24.1 Å². The van der Waals surface area contributed by atoms with Crippen molar-refractivity contribution in [1.82, 2.24) is 9.88 Å². The van der Waals surface area contributed by atoms with Gasteiger partial charge in [-0.15, -0.1) is 0 Å². The molecule has 6 nitrogen and oxygen atoms in total. The van der Waals surface area contributed by atoms with Crippen molar-refractivity contribution in [2.75, 3.05) is 20.8 Å². The van der Waals surface area contributed by atoms with E-state index in [-0.39, 0.29) is 17.7 Å². The van der Waals surface area contributed by atoms with Crippen LogP contribution in [0.3, 0.4) is 0 Å². The van der Waals surface area contributed by atoms with Crippen LogP contribution in [-0.4, -0.2) is 37.0 Å². The molecule has 0 aliphatic carbocycles. The molecule has 3 rings (SSSR count). The lowest BCUT2D eigenvalue weighted by Crippen LogP contribution is -2.44. The zero-order valence-electron chi connectivity index (χ0n) is 17.5. The van der Waals surface area contributed by atoms with Crippen molar-refractivity contribution in [3.8, 4) is 11.5 Å². The van der Waals surface area contributed by atoms with Crippen molar-refractivity contribution in [3.63, 3.8) is 0 Å². The van der Waals surface area contributed by atoms with Crippen LogP contribution in [0, 0.1) is 0 Å². The Balaban J connectivity index is 1.99. The van der Waals surface area contributed by atoms with Crippen molar-refractivity contribution in [2.45, 2.75) is 51.4 Å². The Bertz CT molecular complexity index is 967. The second kappa shape index (κ2) is 8.78. The molecule has 1 aliphatic rings. The highest BCUT2D eigenvalue weighted by atomic mass is 35.5. The molecular formula is C22H29ClN2O4. The minimum atomic E-state index is -0.153. The molecule has 1 N–H and O–H groups in total. The van der Waals surface area contributed by atoms with E-state index in [9.17, 15) is 4.79 Å². The second-order valence-electron chi connectivity index (χ2n) is 8.02. The number of nitrogens with one attached hydrogen (secondary N) is 1. The van der Waals surface area contributed by atoms with Crippen molar-refractivity contribution in [2.24, 2.45) is 0 Å². The van der Waals surface area contributed by atoms with E-state index in [1.807, 2.05) is 12.1 Å². The summed E-state index contributed by atoms with van der Waals surface area (Å²) in [5, 5.41) is 4.79. The third-order valence-electron chi connectivity index (χ3n) is 5.28. The first-order valence-corrected chi connectivity index (χ1v) is 10.1. The van der Waals surface area contributed by atoms with Crippen LogP contribution in [0.2, 0.25) is 0 Å². The number of ether oxygens (including phenoxy) is 3. The molecule has 158 valence electrons. The highest BCUT2D eigenvalue weighted by molar-refractivity contribution is 6.29. The standard InChI is InChI=1S/C22H29ClN2O4/c1-14(23)13-25-18-10-20(28-5)19(27-4)9-15(18)8-16(21(25)26)12-24-17-6-7-29-22(2,3)11-17/h8-10,17,24H,1,6-7,11-13H2,2-5H3. The van der Waals surface area contributed by atoms with Crippen LogP contribution in [0.1, 0.15) is 32.3 Å². The lowest BCUT2D eigenvalue weighted by Gasteiger charge is -2.36. The van der Waals surface area contributed by atoms with Crippen LogP contribution >= 0.6 is 11.6 Å². The van der Waals surface area contributed by atoms with Crippen LogP contribution in [0.15, 0.2) is 34.6 Å². The second-order valence-corrected chi connectivity index (χ2v) is 8.56. The smallest absolute Gasteiger partial charge is 0.255 e. The van der Waals surface area contributed by atoms with E-state index < -0.39 is 0 Å². The van der Waals surface area contributed by atoms with Gasteiger partial charge in [0.15, 0.2) is 11.5 Å². The number of nitrogens with zero attached hydrogens (tertiary/aromatic N) is 1. The predicted octanol–water partition coefficient (Wildman–Crippen LogP) is 3.82. The molecule has 2 aromatic rings. The van der Waals surface area contributed by atoms with Crippen LogP contribution < -0.4 is 20.3 Å². The average Bonchev–Trinajstić information content (AvgIpc) is 2.67. The molecule has 1 unspecified atom stereocenters. The third-order valence-corrected chi connectivity index (χ3v) is 5.40. The molecule has 0 bridgehead atoms. The molecule has 0 amide bonds. The van der Waals surface area contributed by atoms with Crippen molar-refractivity contribution in [3.05, 3.63) is 45.7 Å². The van der Waals surface area contributed by atoms with Crippen LogP contribution in [0.4, 0.5) is 0 Å². The topological polar surface area (TPSA) is 61.7 Å². The van der Waals surface area contributed by atoms with Crippen LogP contribution in [-0.2, 0) is 17.8 Å². The predicted molar refractivity (Wildman–Crippen MR) is 116 cm³/mol. The van der Waals surface area contributed by atoms with E-state index in [0.717, 1.165) is 30.4 Å². The van der Waals surface area contributed by atoms with Crippen molar-refractivity contribution >= 4 is 22.5 Å². The van der Waals surface area contributed by atoms with Crippen molar-refractivity contribution < 1.29 is 14.2 Å². The molecule has 2 heterocycles. The summed E-state index contributed by atoms with van der Waals surface area (Å²) in [6.45, 7) is 9.36. The minimum Gasteiger partial charge on any atom is -0.493 e. The molecule has 0 spiro atoms. The number of halogens is 1. The van der Waals surface area contributed by atoms with E-state index in [1.54, 1.807) is 24.9 Å². The quantitative estimate of drug-likeness (QED) is 0.737. The molecule has 1 aromatic heterocycles. The molecule has 29 heavy (non-hydrogen) atoms. The van der Waals surface area contributed by atoms with Gasteiger partial charge in [0.2, 0.25) is 0 Å². The van der Waals surface area contributed by atoms with Gasteiger partial charge in [0.05, 0.1) is 31.9 Å². The Hall–Kier alpha value is -2.02. The highest BCUT2D eigenvalue weighted by Crippen LogP contribution is 2.32. The SMILES string of the molecule is C=C(Cl)Cn1c(=O)c(CNC2CCOC(C)(C)C2)cc2cc(OC)c(OC)cc21. The van der Waals surface area contributed by atoms with Crippen LogP contribution in [0.5, 0.6) is 11.5 Å². The van der Waals surface area contributed by atoms with E-state index in [4.69, 9.17) is 25.8 Å². The van der Waals surface area contributed by atoms with Gasteiger partial charge in [-0.1, -0.05) is 18.2 Å². The number of methoxy groups -OCH3 is 2. The number of hydrogen-bond donors (Lipinski definition) is 1. The maximum Gasteiger partial charge on any atom is 0.255 e. The van der Waals surface area contributed by atoms with Gasteiger partial charge in [-0.05, 0) is 38.8 Å². The summed E-state index contributed by atoms with van der Waals surface area (Å²) in [5.74, 6) is 1.17. The molecule has 0 saturated carbocycles. The number of aromatic nitrogens is 1. The molecule has 1 saturated heterocycles. The Morgan fingerprint density at radius 3 is 2.62 bits per heavy atom. The summed E-state index contributed by atoms with van der Waals surface area (Å²) in [6, 6.07) is 5.89. The van der Waals surface area contributed by atoms with Gasteiger partial charge >= 0.3 is 0 Å². The first-order chi connectivity index (χ1) is 13.7. The van der Waals surface area contributed by atoms with Gasteiger partial charge in [-0.25, -0.2) is 0 Å². The first kappa shape index (κ1) is 21.7. The third kappa shape index (κ3) is 4.94. The molecule has 0 radical (unpaired) electrons. The summed E-state index contributed by atoms with van der Waals surface area (Å²) in [5.41, 5.74) is 1.16. The average molecular weight is 421 g/mol. The number of pyridine rings is 1. The zero-order chi connectivity index (χ0) is 21.2. The lowest BCUT2D eigenvalue weighted by atomic mass is 9.94. The maximum atomic E-state index is 13.2. The fraction of sp³-hybridized carbons (Fsp3) is 0.500. The Kier molecular flexibility index (Phi) is 6.56. The monoisotopic (exact) mass is 420 g/mol. The van der Waals surface area contributed by atoms with Gasteiger partial charge in [-0.3, -0.25) is 4.79 Å². The highest BCUT2D eigenvalue weighted by Gasteiger charge is 2.28. The summed E-state index contributed by atoms with van der Waals surface area (Å²) >= 11 is 6.06. The summed E-state index contributed by atoms with van der Waals surface area (Å²) in [6.07, 6.45) is 1.83. The largest absolute Gasteiger partial charge is 0.493 e. The van der Waals surface area contributed by atoms with Crippen LogP contribution in [0.25, 0.3) is 10.9 Å². The Morgan fingerprint density at radius 2 is 2.00 bits per heavy atom. The van der Waals surface area contributed by atoms with Gasteiger partial charge in [-0.2, -0.15) is 0 Å². The number of fused-ring (bicyclic) bond motifs is 1. The van der Waals surface area contributed by atoms with Crippen molar-refractivity contribution in [1.29, 1.82) is 0 Å². The number of allylic oxidation sites excluding steroid dienone is 1. The van der Waals surface area contributed by atoms with E-state index >= 15 is 0 Å². The number of hydrogen-bond acceptors (Lipinski definition) is 5.